The zero-order valence-electron chi connectivity index (χ0n) is 10.7. The van der Waals surface area contributed by atoms with Crippen LogP contribution in [-0.4, -0.2) is 24.6 Å². The lowest BCUT2D eigenvalue weighted by atomic mass is 10.1. The molecule has 1 N–H and O–H groups in total. The van der Waals surface area contributed by atoms with Gasteiger partial charge < -0.3 is 10.2 Å². The van der Waals surface area contributed by atoms with Crippen LogP contribution >= 0.6 is 0 Å². The largest absolute Gasteiger partial charge is 0.367 e. The van der Waals surface area contributed by atoms with Gasteiger partial charge in [0.05, 0.1) is 17.6 Å². The second-order valence-corrected chi connectivity index (χ2v) is 5.44. The van der Waals surface area contributed by atoms with Crippen LogP contribution in [0.2, 0.25) is 0 Å². The van der Waals surface area contributed by atoms with Gasteiger partial charge in [-0.3, -0.25) is 4.98 Å². The van der Waals surface area contributed by atoms with E-state index < -0.39 is 0 Å². The van der Waals surface area contributed by atoms with Crippen molar-refractivity contribution in [1.29, 1.82) is 0 Å². The van der Waals surface area contributed by atoms with Gasteiger partial charge in [0.2, 0.25) is 0 Å². The topological polar surface area (TPSA) is 28.2 Å². The Morgan fingerprint density at radius 1 is 1.41 bits per heavy atom. The lowest BCUT2D eigenvalue weighted by Crippen LogP contribution is -2.31. The van der Waals surface area contributed by atoms with E-state index in [2.05, 4.69) is 34.3 Å². The molecule has 0 spiro atoms. The minimum absolute atomic E-state index is 0.332. The highest BCUT2D eigenvalue weighted by atomic mass is 15.2. The van der Waals surface area contributed by atoms with Gasteiger partial charge in [0, 0.05) is 18.6 Å². The minimum Gasteiger partial charge on any atom is -0.367 e. The molecule has 1 saturated carbocycles. The van der Waals surface area contributed by atoms with E-state index >= 15 is 0 Å². The lowest BCUT2D eigenvalue weighted by molar-refractivity contribution is 0.552. The number of rotatable bonds is 3. The van der Waals surface area contributed by atoms with E-state index in [0.29, 0.717) is 6.04 Å². The van der Waals surface area contributed by atoms with Crippen LogP contribution in [-0.2, 0) is 0 Å². The SMILES string of the molecule is CNC(C)c1ccc(N2CC3CCC2C3)cn1. The van der Waals surface area contributed by atoms with Crippen molar-refractivity contribution in [3.8, 4) is 0 Å². The fourth-order valence-corrected chi connectivity index (χ4v) is 3.21. The first-order chi connectivity index (χ1) is 8.28. The molecule has 3 rings (SSSR count). The highest BCUT2D eigenvalue weighted by molar-refractivity contribution is 5.48. The molecule has 3 unspecified atom stereocenters. The number of anilines is 1. The van der Waals surface area contributed by atoms with Crippen molar-refractivity contribution in [3.05, 3.63) is 24.0 Å². The van der Waals surface area contributed by atoms with Crippen molar-refractivity contribution in [2.24, 2.45) is 5.92 Å². The van der Waals surface area contributed by atoms with E-state index in [1.165, 1.54) is 31.5 Å². The van der Waals surface area contributed by atoms with Crippen LogP contribution in [0.5, 0.6) is 0 Å². The highest BCUT2D eigenvalue weighted by Gasteiger charge is 2.37. The van der Waals surface area contributed by atoms with Crippen LogP contribution < -0.4 is 10.2 Å². The second kappa shape index (κ2) is 4.30. The third-order valence-electron chi connectivity index (χ3n) is 4.39. The van der Waals surface area contributed by atoms with E-state index in [-0.39, 0.29) is 0 Å². The number of pyridine rings is 1. The standard InChI is InChI=1S/C14H21N3/c1-10(15-2)14-6-5-13(8-16-14)17-9-11-3-4-12(17)7-11/h5-6,8,10-12,15H,3-4,7,9H2,1-2H3. The second-order valence-electron chi connectivity index (χ2n) is 5.44. The summed E-state index contributed by atoms with van der Waals surface area (Å²) < 4.78 is 0. The maximum Gasteiger partial charge on any atom is 0.0571 e. The molecular formula is C14H21N3. The van der Waals surface area contributed by atoms with Gasteiger partial charge in [0.25, 0.3) is 0 Å². The molecule has 3 nitrogen and oxygen atoms in total. The molecule has 2 heterocycles. The van der Waals surface area contributed by atoms with Gasteiger partial charge in [-0.05, 0) is 51.3 Å². The number of fused-ring (bicyclic) bond motifs is 2. The number of hydrogen-bond donors (Lipinski definition) is 1. The molecule has 1 aromatic rings. The summed E-state index contributed by atoms with van der Waals surface area (Å²) in [5.41, 5.74) is 2.44. The van der Waals surface area contributed by atoms with Crippen molar-refractivity contribution in [1.82, 2.24) is 10.3 Å². The predicted molar refractivity (Wildman–Crippen MR) is 70.2 cm³/mol. The van der Waals surface area contributed by atoms with Crippen LogP contribution in [0, 0.1) is 5.92 Å². The Kier molecular flexibility index (Phi) is 2.79. The minimum atomic E-state index is 0.332. The molecule has 1 aliphatic heterocycles. The van der Waals surface area contributed by atoms with Crippen LogP contribution in [0.25, 0.3) is 0 Å². The number of hydrogen-bond acceptors (Lipinski definition) is 3. The van der Waals surface area contributed by atoms with Crippen molar-refractivity contribution < 1.29 is 0 Å². The third kappa shape index (κ3) is 1.93. The summed E-state index contributed by atoms with van der Waals surface area (Å²) in [5.74, 6) is 0.941. The molecule has 92 valence electrons. The Morgan fingerprint density at radius 2 is 2.29 bits per heavy atom. The van der Waals surface area contributed by atoms with Gasteiger partial charge in [-0.2, -0.15) is 0 Å². The summed E-state index contributed by atoms with van der Waals surface area (Å²) in [6.45, 7) is 3.38. The molecule has 3 heteroatoms. The molecule has 0 amide bonds. The van der Waals surface area contributed by atoms with E-state index in [0.717, 1.165) is 17.7 Å². The van der Waals surface area contributed by atoms with E-state index in [1.807, 2.05) is 13.2 Å². The third-order valence-corrected chi connectivity index (χ3v) is 4.39. The maximum atomic E-state index is 4.57. The zero-order chi connectivity index (χ0) is 11.8. The monoisotopic (exact) mass is 231 g/mol. The molecule has 0 radical (unpaired) electrons. The first-order valence-electron chi connectivity index (χ1n) is 6.68. The van der Waals surface area contributed by atoms with Gasteiger partial charge in [0.15, 0.2) is 0 Å². The normalized spacial score (nSPS) is 28.7. The number of nitrogens with zero attached hydrogens (tertiary/aromatic N) is 2. The molecule has 1 aromatic heterocycles. The molecule has 17 heavy (non-hydrogen) atoms. The lowest BCUT2D eigenvalue weighted by Gasteiger charge is -2.29. The molecule has 2 fully saturated rings. The fourth-order valence-electron chi connectivity index (χ4n) is 3.21. The van der Waals surface area contributed by atoms with Crippen LogP contribution in [0.4, 0.5) is 5.69 Å². The smallest absolute Gasteiger partial charge is 0.0571 e. The van der Waals surface area contributed by atoms with Crippen molar-refractivity contribution >= 4 is 5.69 Å². The fraction of sp³-hybridized carbons (Fsp3) is 0.643. The van der Waals surface area contributed by atoms with Gasteiger partial charge in [-0.15, -0.1) is 0 Å². The van der Waals surface area contributed by atoms with Crippen LogP contribution in [0.1, 0.15) is 37.9 Å². The summed E-state index contributed by atoms with van der Waals surface area (Å²) in [7, 11) is 1.97. The number of aromatic nitrogens is 1. The Morgan fingerprint density at radius 3 is 2.82 bits per heavy atom. The summed E-state index contributed by atoms with van der Waals surface area (Å²) in [5, 5.41) is 3.22. The summed E-state index contributed by atoms with van der Waals surface area (Å²) >= 11 is 0. The molecule has 0 aromatic carbocycles. The average Bonchev–Trinajstić information content (AvgIpc) is 3.00. The van der Waals surface area contributed by atoms with E-state index in [9.17, 15) is 0 Å². The van der Waals surface area contributed by atoms with Crippen molar-refractivity contribution in [2.45, 2.75) is 38.3 Å². The van der Waals surface area contributed by atoms with Crippen molar-refractivity contribution in [3.63, 3.8) is 0 Å². The van der Waals surface area contributed by atoms with E-state index in [1.54, 1.807) is 0 Å². The summed E-state index contributed by atoms with van der Waals surface area (Å²) in [4.78, 5) is 7.12. The van der Waals surface area contributed by atoms with Crippen molar-refractivity contribution in [2.75, 3.05) is 18.5 Å². The molecule has 2 aliphatic rings. The highest BCUT2D eigenvalue weighted by Crippen LogP contribution is 2.39. The van der Waals surface area contributed by atoms with Gasteiger partial charge in [-0.25, -0.2) is 0 Å². The molecule has 1 saturated heterocycles. The Hall–Kier alpha value is -1.09. The first kappa shape index (κ1) is 11.0. The first-order valence-corrected chi connectivity index (χ1v) is 6.68. The molecular weight excluding hydrogens is 210 g/mol. The Labute approximate surface area is 103 Å². The Balaban J connectivity index is 1.76. The van der Waals surface area contributed by atoms with E-state index in [4.69, 9.17) is 0 Å². The maximum absolute atomic E-state index is 4.57. The number of piperidine rings is 1. The van der Waals surface area contributed by atoms with Gasteiger partial charge >= 0.3 is 0 Å². The molecule has 2 bridgehead atoms. The quantitative estimate of drug-likeness (QED) is 0.865. The van der Waals surface area contributed by atoms with Gasteiger partial charge in [-0.1, -0.05) is 0 Å². The van der Waals surface area contributed by atoms with Crippen LogP contribution in [0.15, 0.2) is 18.3 Å². The molecule has 1 aliphatic carbocycles. The summed E-state index contributed by atoms with van der Waals surface area (Å²) in [6, 6.07) is 5.51. The number of nitrogens with one attached hydrogen (secondary N) is 1. The van der Waals surface area contributed by atoms with Crippen LogP contribution in [0.3, 0.4) is 0 Å². The average molecular weight is 231 g/mol. The molecule has 3 atom stereocenters. The predicted octanol–water partition coefficient (Wildman–Crippen LogP) is 2.35. The Bertz CT molecular complexity index is 387. The summed E-state index contributed by atoms with van der Waals surface area (Å²) in [6.07, 6.45) is 6.25. The zero-order valence-corrected chi connectivity index (χ0v) is 10.7. The van der Waals surface area contributed by atoms with Gasteiger partial charge in [0.1, 0.15) is 0 Å².